The molecule has 10 heteroatoms. The molecule has 1 amide bonds. The van der Waals surface area contributed by atoms with Crippen molar-refractivity contribution in [2.75, 3.05) is 6.61 Å². The van der Waals surface area contributed by atoms with E-state index in [4.69, 9.17) is 30.2 Å². The lowest BCUT2D eigenvalue weighted by Gasteiger charge is -2.14. The molecule has 0 atom stereocenters. The van der Waals surface area contributed by atoms with Crippen molar-refractivity contribution < 1.29 is 27.8 Å². The first-order valence-electron chi connectivity index (χ1n) is 13.9. The van der Waals surface area contributed by atoms with Crippen molar-refractivity contribution in [1.29, 1.82) is 0 Å². The standard InChI is InChI=1S/C34H31ClFN3O5/c1-4-41-32-18-24(17-29(35)33(32)43-20-25-7-5-6-8-30(25)36)19-37-38-34(40)31-16-15-28(44-31)21-42-27-13-11-26(12-14-27)39-22(2)9-10-23(39)3/h5-19H,4,20-21H2,1-3H3,(H,38,40)/b37-19+. The molecular formula is C34H31ClFN3O5. The minimum atomic E-state index is -0.532. The molecule has 0 aliphatic rings. The van der Waals surface area contributed by atoms with Crippen LogP contribution in [0.4, 0.5) is 4.39 Å². The zero-order valence-corrected chi connectivity index (χ0v) is 25.2. The molecule has 5 rings (SSSR count). The second-order valence-corrected chi connectivity index (χ2v) is 10.2. The summed E-state index contributed by atoms with van der Waals surface area (Å²) in [6, 6.07) is 24.8. The van der Waals surface area contributed by atoms with Gasteiger partial charge in [-0.2, -0.15) is 5.10 Å². The first-order chi connectivity index (χ1) is 21.3. The van der Waals surface area contributed by atoms with Gasteiger partial charge in [0.1, 0.15) is 30.5 Å². The molecule has 0 saturated carbocycles. The fourth-order valence-corrected chi connectivity index (χ4v) is 4.82. The lowest BCUT2D eigenvalue weighted by atomic mass is 10.2. The van der Waals surface area contributed by atoms with Crippen LogP contribution in [0.5, 0.6) is 17.2 Å². The summed E-state index contributed by atoms with van der Waals surface area (Å²) in [6.07, 6.45) is 1.42. The number of furan rings is 1. The number of nitrogens with one attached hydrogen (secondary N) is 1. The summed E-state index contributed by atoms with van der Waals surface area (Å²) < 4.78 is 39.1. The number of rotatable bonds is 12. The van der Waals surface area contributed by atoms with Gasteiger partial charge in [0.2, 0.25) is 0 Å². The van der Waals surface area contributed by atoms with Crippen molar-refractivity contribution in [3.63, 3.8) is 0 Å². The highest BCUT2D eigenvalue weighted by molar-refractivity contribution is 6.32. The summed E-state index contributed by atoms with van der Waals surface area (Å²) in [4.78, 5) is 12.6. The average molecular weight is 616 g/mol. The fourth-order valence-electron chi connectivity index (χ4n) is 4.55. The van der Waals surface area contributed by atoms with Crippen molar-refractivity contribution in [2.45, 2.75) is 34.0 Å². The predicted molar refractivity (Wildman–Crippen MR) is 167 cm³/mol. The van der Waals surface area contributed by atoms with Gasteiger partial charge in [0.05, 0.1) is 17.8 Å². The molecule has 1 N–H and O–H groups in total. The van der Waals surface area contributed by atoms with Crippen molar-refractivity contribution in [3.05, 3.63) is 130 Å². The smallest absolute Gasteiger partial charge is 0.307 e. The van der Waals surface area contributed by atoms with E-state index >= 15 is 0 Å². The highest BCUT2D eigenvalue weighted by Crippen LogP contribution is 2.37. The van der Waals surface area contributed by atoms with Crippen LogP contribution in [0.2, 0.25) is 5.02 Å². The molecule has 5 aromatic rings. The first kappa shape index (κ1) is 30.4. The highest BCUT2D eigenvalue weighted by atomic mass is 35.5. The third-order valence-corrected chi connectivity index (χ3v) is 6.95. The Kier molecular flexibility index (Phi) is 9.66. The molecule has 226 valence electrons. The van der Waals surface area contributed by atoms with Crippen molar-refractivity contribution in [3.8, 4) is 22.9 Å². The zero-order valence-electron chi connectivity index (χ0n) is 24.5. The minimum Gasteiger partial charge on any atom is -0.490 e. The lowest BCUT2D eigenvalue weighted by Crippen LogP contribution is -2.16. The van der Waals surface area contributed by atoms with Gasteiger partial charge >= 0.3 is 5.91 Å². The third-order valence-electron chi connectivity index (χ3n) is 6.67. The second kappa shape index (κ2) is 14.0. The molecule has 2 heterocycles. The number of hydrogen-bond acceptors (Lipinski definition) is 6. The Balaban J connectivity index is 1.16. The molecule has 3 aromatic carbocycles. The molecule has 0 aliphatic heterocycles. The summed E-state index contributed by atoms with van der Waals surface area (Å²) in [7, 11) is 0. The molecule has 8 nitrogen and oxygen atoms in total. The summed E-state index contributed by atoms with van der Waals surface area (Å²) in [5.41, 5.74) is 6.74. The number of carbonyl (C=O) groups is 1. The predicted octanol–water partition coefficient (Wildman–Crippen LogP) is 7.80. The Morgan fingerprint density at radius 2 is 1.70 bits per heavy atom. The molecule has 2 aromatic heterocycles. The maximum absolute atomic E-state index is 14.0. The van der Waals surface area contributed by atoms with Gasteiger partial charge in [-0.1, -0.05) is 29.8 Å². The van der Waals surface area contributed by atoms with Crippen LogP contribution < -0.4 is 19.6 Å². The maximum Gasteiger partial charge on any atom is 0.307 e. The van der Waals surface area contributed by atoms with E-state index in [1.54, 1.807) is 42.5 Å². The van der Waals surface area contributed by atoms with Gasteiger partial charge < -0.3 is 23.2 Å². The fraction of sp³-hybridized carbons (Fsp3) is 0.176. The lowest BCUT2D eigenvalue weighted by molar-refractivity contribution is 0.0923. The van der Waals surface area contributed by atoms with E-state index in [-0.39, 0.29) is 35.6 Å². The molecule has 0 fully saturated rings. The van der Waals surface area contributed by atoms with Crippen LogP contribution in [-0.2, 0) is 13.2 Å². The van der Waals surface area contributed by atoms with Gasteiger partial charge in [0.15, 0.2) is 17.3 Å². The van der Waals surface area contributed by atoms with Crippen molar-refractivity contribution >= 4 is 23.7 Å². The van der Waals surface area contributed by atoms with Crippen molar-refractivity contribution in [1.82, 2.24) is 9.99 Å². The number of aromatic nitrogens is 1. The summed E-state index contributed by atoms with van der Waals surface area (Å²) in [6.45, 7) is 6.43. The zero-order chi connectivity index (χ0) is 31.1. The number of amides is 1. The normalized spacial score (nSPS) is 11.1. The van der Waals surface area contributed by atoms with Crippen LogP contribution >= 0.6 is 11.6 Å². The van der Waals surface area contributed by atoms with Gasteiger partial charge in [-0.05, 0) is 93.1 Å². The van der Waals surface area contributed by atoms with Crippen LogP contribution in [0.15, 0.2) is 94.4 Å². The number of benzene rings is 3. The van der Waals surface area contributed by atoms with E-state index in [0.29, 0.717) is 35.0 Å². The van der Waals surface area contributed by atoms with E-state index < -0.39 is 5.91 Å². The Morgan fingerprint density at radius 1 is 0.955 bits per heavy atom. The highest BCUT2D eigenvalue weighted by Gasteiger charge is 2.15. The molecule has 0 aliphatic carbocycles. The Labute approximate surface area is 259 Å². The minimum absolute atomic E-state index is 0.0216. The van der Waals surface area contributed by atoms with Crippen molar-refractivity contribution in [2.24, 2.45) is 5.10 Å². The molecular weight excluding hydrogens is 585 g/mol. The molecule has 0 saturated heterocycles. The van der Waals surface area contributed by atoms with E-state index in [0.717, 1.165) is 17.1 Å². The van der Waals surface area contributed by atoms with Crippen LogP contribution in [0, 0.1) is 19.7 Å². The largest absolute Gasteiger partial charge is 0.490 e. The van der Waals surface area contributed by atoms with Gasteiger partial charge in [-0.25, -0.2) is 9.82 Å². The monoisotopic (exact) mass is 615 g/mol. The number of hydrazone groups is 1. The average Bonchev–Trinajstić information content (AvgIpc) is 3.63. The molecule has 0 spiro atoms. The number of hydrogen-bond donors (Lipinski definition) is 1. The summed E-state index contributed by atoms with van der Waals surface area (Å²) >= 11 is 6.46. The van der Waals surface area contributed by atoms with E-state index in [1.807, 2.05) is 31.2 Å². The summed E-state index contributed by atoms with van der Waals surface area (Å²) in [5, 5.41) is 4.27. The Morgan fingerprint density at radius 3 is 2.43 bits per heavy atom. The van der Waals surface area contributed by atoms with E-state index in [9.17, 15) is 9.18 Å². The molecule has 0 unspecified atom stereocenters. The van der Waals surface area contributed by atoms with Crippen LogP contribution in [0.25, 0.3) is 5.69 Å². The first-order valence-corrected chi connectivity index (χ1v) is 14.3. The quantitative estimate of drug-likeness (QED) is 0.114. The van der Waals surface area contributed by atoms with Crippen LogP contribution in [-0.4, -0.2) is 23.3 Å². The van der Waals surface area contributed by atoms with Crippen LogP contribution in [0.1, 0.15) is 45.8 Å². The van der Waals surface area contributed by atoms with Gasteiger partial charge in [0, 0.05) is 22.6 Å². The molecule has 44 heavy (non-hydrogen) atoms. The number of aryl methyl sites for hydroxylation is 2. The van der Waals surface area contributed by atoms with E-state index in [2.05, 4.69) is 41.1 Å². The number of ether oxygens (including phenoxy) is 3. The van der Waals surface area contributed by atoms with E-state index in [1.165, 1.54) is 12.3 Å². The van der Waals surface area contributed by atoms with Gasteiger partial charge in [-0.3, -0.25) is 4.79 Å². The Bertz CT molecular complexity index is 1760. The molecule has 0 bridgehead atoms. The second-order valence-electron chi connectivity index (χ2n) is 9.84. The molecule has 0 radical (unpaired) electrons. The van der Waals surface area contributed by atoms with Gasteiger partial charge in [-0.15, -0.1) is 0 Å². The summed E-state index contributed by atoms with van der Waals surface area (Å²) in [5.74, 6) is 0.988. The topological polar surface area (TPSA) is 87.2 Å². The van der Waals surface area contributed by atoms with Crippen LogP contribution in [0.3, 0.4) is 0 Å². The number of halogens is 2. The number of carbonyl (C=O) groups excluding carboxylic acids is 1. The SMILES string of the molecule is CCOc1cc(/C=N/NC(=O)c2ccc(COc3ccc(-n4c(C)ccc4C)cc3)o2)cc(Cl)c1OCc1ccccc1F. The third kappa shape index (κ3) is 7.30. The van der Waals surface area contributed by atoms with Gasteiger partial charge in [0.25, 0.3) is 0 Å². The maximum atomic E-state index is 14.0. The number of nitrogens with zero attached hydrogens (tertiary/aromatic N) is 2. The Hall–Kier alpha value is -5.02.